The monoisotopic (exact) mass is 472 g/mol. The van der Waals surface area contributed by atoms with Crippen LogP contribution in [0, 0.1) is 0 Å². The van der Waals surface area contributed by atoms with Gasteiger partial charge in [-0.25, -0.2) is 14.5 Å². The van der Waals surface area contributed by atoms with E-state index in [1.807, 2.05) is 19.1 Å². The van der Waals surface area contributed by atoms with E-state index in [1.54, 1.807) is 24.3 Å². The normalized spacial score (nSPS) is 15.3. The third-order valence-corrected chi connectivity index (χ3v) is 4.94. The maximum absolute atomic E-state index is 12.9. The number of carbonyl (C=O) groups excluding carboxylic acids is 3. The molecule has 0 saturated carbocycles. The van der Waals surface area contributed by atoms with E-state index in [9.17, 15) is 19.2 Å². The van der Waals surface area contributed by atoms with Crippen molar-refractivity contribution in [3.05, 3.63) is 63.6 Å². The van der Waals surface area contributed by atoms with E-state index in [-0.39, 0.29) is 5.57 Å². The zero-order valence-corrected chi connectivity index (χ0v) is 17.4. The standard InChI is InChI=1S/C21H17BrN2O6/c1-2-12-3-6-14(7-4-12)24-20(28)15(19(27)23-21(24)29)9-13-5-8-17(16(22)10-13)30-11-18(25)26/h3-10H,2,11H2,1H3,(H,25,26)(H,23,27,29). The van der Waals surface area contributed by atoms with Crippen LogP contribution in [-0.4, -0.2) is 35.5 Å². The minimum absolute atomic E-state index is 0.208. The molecule has 30 heavy (non-hydrogen) atoms. The fraction of sp³-hybridized carbons (Fsp3) is 0.143. The van der Waals surface area contributed by atoms with Crippen LogP contribution in [0.25, 0.3) is 6.08 Å². The van der Waals surface area contributed by atoms with Crippen molar-refractivity contribution in [2.45, 2.75) is 13.3 Å². The number of carboxylic acid groups (broad SMARTS) is 1. The van der Waals surface area contributed by atoms with Crippen molar-refractivity contribution < 1.29 is 29.0 Å². The number of nitrogens with one attached hydrogen (secondary N) is 1. The van der Waals surface area contributed by atoms with Crippen LogP contribution in [0.4, 0.5) is 10.5 Å². The minimum atomic E-state index is -1.12. The van der Waals surface area contributed by atoms with Crippen LogP contribution in [-0.2, 0) is 20.8 Å². The van der Waals surface area contributed by atoms with Gasteiger partial charge in [0, 0.05) is 0 Å². The Morgan fingerprint density at radius 1 is 1.17 bits per heavy atom. The zero-order valence-electron chi connectivity index (χ0n) is 15.8. The molecule has 1 heterocycles. The molecule has 1 aliphatic heterocycles. The number of anilines is 1. The third kappa shape index (κ3) is 4.57. The van der Waals surface area contributed by atoms with Gasteiger partial charge in [0.05, 0.1) is 10.2 Å². The van der Waals surface area contributed by atoms with Crippen molar-refractivity contribution in [2.24, 2.45) is 0 Å². The largest absolute Gasteiger partial charge is 0.481 e. The first-order valence-electron chi connectivity index (χ1n) is 8.94. The number of benzene rings is 2. The number of urea groups is 1. The Kier molecular flexibility index (Phi) is 6.31. The molecule has 3 rings (SSSR count). The zero-order chi connectivity index (χ0) is 21.8. The Balaban J connectivity index is 1.90. The van der Waals surface area contributed by atoms with E-state index in [0.717, 1.165) is 16.9 Å². The number of imide groups is 2. The van der Waals surface area contributed by atoms with E-state index in [0.29, 0.717) is 21.5 Å². The lowest BCUT2D eigenvalue weighted by atomic mass is 10.1. The molecule has 2 aromatic rings. The molecule has 9 heteroatoms. The highest BCUT2D eigenvalue weighted by molar-refractivity contribution is 9.10. The summed E-state index contributed by atoms with van der Waals surface area (Å²) < 4.78 is 5.58. The van der Waals surface area contributed by atoms with Crippen molar-refractivity contribution >= 4 is 51.5 Å². The van der Waals surface area contributed by atoms with E-state index in [4.69, 9.17) is 9.84 Å². The summed E-state index contributed by atoms with van der Waals surface area (Å²) in [6.07, 6.45) is 2.16. The number of carbonyl (C=O) groups is 4. The van der Waals surface area contributed by atoms with Gasteiger partial charge in [0.2, 0.25) is 0 Å². The van der Waals surface area contributed by atoms with Crippen LogP contribution in [0.2, 0.25) is 0 Å². The summed E-state index contributed by atoms with van der Waals surface area (Å²) in [5.41, 5.74) is 1.68. The van der Waals surface area contributed by atoms with Gasteiger partial charge in [-0.3, -0.25) is 14.9 Å². The summed E-state index contributed by atoms with van der Waals surface area (Å²) in [4.78, 5) is 49.0. The molecule has 8 nitrogen and oxygen atoms in total. The molecule has 0 bridgehead atoms. The predicted molar refractivity (Wildman–Crippen MR) is 112 cm³/mol. The predicted octanol–water partition coefficient (Wildman–Crippen LogP) is 3.14. The van der Waals surface area contributed by atoms with Crippen molar-refractivity contribution in [3.63, 3.8) is 0 Å². The number of barbiturate groups is 1. The molecule has 2 aromatic carbocycles. The average molecular weight is 473 g/mol. The van der Waals surface area contributed by atoms with Gasteiger partial charge >= 0.3 is 12.0 Å². The number of aryl methyl sites for hydroxylation is 1. The third-order valence-electron chi connectivity index (χ3n) is 4.32. The summed E-state index contributed by atoms with van der Waals surface area (Å²) in [5, 5.41) is 10.9. The molecule has 154 valence electrons. The molecule has 0 radical (unpaired) electrons. The lowest BCUT2D eigenvalue weighted by Crippen LogP contribution is -2.54. The molecule has 1 fully saturated rings. The second-order valence-corrected chi connectivity index (χ2v) is 7.20. The lowest BCUT2D eigenvalue weighted by molar-refractivity contribution is -0.139. The summed E-state index contributed by atoms with van der Waals surface area (Å²) in [5.74, 6) is -2.36. The molecule has 0 aliphatic carbocycles. The number of halogens is 1. The Bertz CT molecular complexity index is 1060. The van der Waals surface area contributed by atoms with Crippen molar-refractivity contribution in [2.75, 3.05) is 11.5 Å². The van der Waals surface area contributed by atoms with Gasteiger partial charge in [-0.1, -0.05) is 25.1 Å². The smallest absolute Gasteiger partial charge is 0.341 e. The highest BCUT2D eigenvalue weighted by atomic mass is 79.9. The molecule has 0 aromatic heterocycles. The quantitative estimate of drug-likeness (QED) is 0.493. The molecule has 0 atom stereocenters. The molecule has 2 N–H and O–H groups in total. The Hall–Kier alpha value is -3.46. The minimum Gasteiger partial charge on any atom is -0.481 e. The van der Waals surface area contributed by atoms with Gasteiger partial charge in [0.1, 0.15) is 11.3 Å². The fourth-order valence-electron chi connectivity index (χ4n) is 2.80. The Labute approximate surface area is 180 Å². The first-order valence-corrected chi connectivity index (χ1v) is 9.74. The lowest BCUT2D eigenvalue weighted by Gasteiger charge is -2.26. The topological polar surface area (TPSA) is 113 Å². The van der Waals surface area contributed by atoms with E-state index in [1.165, 1.54) is 12.1 Å². The van der Waals surface area contributed by atoms with Crippen LogP contribution in [0.1, 0.15) is 18.1 Å². The molecule has 1 saturated heterocycles. The highest BCUT2D eigenvalue weighted by Crippen LogP contribution is 2.28. The van der Waals surface area contributed by atoms with Crippen LogP contribution >= 0.6 is 15.9 Å². The second kappa shape index (κ2) is 8.91. The van der Waals surface area contributed by atoms with E-state index >= 15 is 0 Å². The van der Waals surface area contributed by atoms with Gasteiger partial charge in [0.25, 0.3) is 11.8 Å². The van der Waals surface area contributed by atoms with Gasteiger partial charge in [-0.2, -0.15) is 0 Å². The number of nitrogens with zero attached hydrogens (tertiary/aromatic N) is 1. The van der Waals surface area contributed by atoms with Gasteiger partial charge in [0.15, 0.2) is 6.61 Å². The van der Waals surface area contributed by atoms with Crippen LogP contribution < -0.4 is 15.0 Å². The number of aliphatic carboxylic acids is 1. The van der Waals surface area contributed by atoms with E-state index in [2.05, 4.69) is 21.2 Å². The van der Waals surface area contributed by atoms with Gasteiger partial charge < -0.3 is 9.84 Å². The number of hydrogen-bond donors (Lipinski definition) is 2. The maximum atomic E-state index is 12.9. The SMILES string of the molecule is CCc1ccc(N2C(=O)NC(=O)C(=Cc3ccc(OCC(=O)O)c(Br)c3)C2=O)cc1. The van der Waals surface area contributed by atoms with E-state index < -0.39 is 30.4 Å². The summed E-state index contributed by atoms with van der Waals surface area (Å²) >= 11 is 3.27. The first kappa shape index (κ1) is 21.3. The fourth-order valence-corrected chi connectivity index (χ4v) is 3.31. The number of carboxylic acids is 1. The van der Waals surface area contributed by atoms with Gasteiger partial charge in [-0.15, -0.1) is 0 Å². The van der Waals surface area contributed by atoms with Crippen LogP contribution in [0.5, 0.6) is 5.75 Å². The number of ether oxygens (including phenoxy) is 1. The van der Waals surface area contributed by atoms with Crippen molar-refractivity contribution in [1.82, 2.24) is 5.32 Å². The average Bonchev–Trinajstić information content (AvgIpc) is 2.70. The molecule has 0 unspecified atom stereocenters. The molecular weight excluding hydrogens is 456 g/mol. The maximum Gasteiger partial charge on any atom is 0.341 e. The Morgan fingerprint density at radius 2 is 1.87 bits per heavy atom. The summed E-state index contributed by atoms with van der Waals surface area (Å²) in [6, 6.07) is 10.7. The molecule has 4 amide bonds. The van der Waals surface area contributed by atoms with Crippen LogP contribution in [0.15, 0.2) is 52.5 Å². The summed E-state index contributed by atoms with van der Waals surface area (Å²) in [7, 11) is 0. The second-order valence-electron chi connectivity index (χ2n) is 6.35. The number of hydrogen-bond acceptors (Lipinski definition) is 5. The highest BCUT2D eigenvalue weighted by Gasteiger charge is 2.36. The molecule has 1 aliphatic rings. The first-order chi connectivity index (χ1) is 14.3. The number of rotatable bonds is 6. The van der Waals surface area contributed by atoms with Crippen molar-refractivity contribution in [1.29, 1.82) is 0 Å². The summed E-state index contributed by atoms with van der Waals surface area (Å²) in [6.45, 7) is 1.48. The van der Waals surface area contributed by atoms with Crippen LogP contribution in [0.3, 0.4) is 0 Å². The molecular formula is C21H17BrN2O6. The number of amides is 4. The van der Waals surface area contributed by atoms with Crippen molar-refractivity contribution in [3.8, 4) is 5.75 Å². The van der Waals surface area contributed by atoms with Gasteiger partial charge in [-0.05, 0) is 63.8 Å². The Morgan fingerprint density at radius 3 is 2.47 bits per heavy atom. The molecule has 0 spiro atoms.